The van der Waals surface area contributed by atoms with Crippen molar-refractivity contribution in [3.05, 3.63) is 53.1 Å². The van der Waals surface area contributed by atoms with Crippen LogP contribution in [0.1, 0.15) is 10.4 Å². The molecule has 2 aromatic carbocycles. The fourth-order valence-electron chi connectivity index (χ4n) is 1.67. The van der Waals surface area contributed by atoms with Gasteiger partial charge in [0.05, 0.1) is 17.7 Å². The van der Waals surface area contributed by atoms with Gasteiger partial charge in [0.1, 0.15) is 5.75 Å². The topological polar surface area (TPSA) is 46.5 Å². The summed E-state index contributed by atoms with van der Waals surface area (Å²) in [6.45, 7) is 0. The molecule has 0 bridgehead atoms. The summed E-state index contributed by atoms with van der Waals surface area (Å²) in [4.78, 5) is 10.9. The molecule has 3 nitrogen and oxygen atoms in total. The Hall–Kier alpha value is -2.00. The Kier molecular flexibility index (Phi) is 3.53. The van der Waals surface area contributed by atoms with Crippen LogP contribution < -0.4 is 4.74 Å². The third-order valence-corrected chi connectivity index (χ3v) is 2.91. The zero-order valence-corrected chi connectivity index (χ0v) is 10.4. The van der Waals surface area contributed by atoms with Gasteiger partial charge in [-0.05, 0) is 35.4 Å². The highest BCUT2D eigenvalue weighted by Gasteiger charge is 2.07. The lowest BCUT2D eigenvalue weighted by Crippen LogP contribution is -1.95. The number of aromatic carboxylic acids is 1. The van der Waals surface area contributed by atoms with Gasteiger partial charge in [-0.3, -0.25) is 0 Å². The summed E-state index contributed by atoms with van der Waals surface area (Å²) in [5.74, 6) is -0.382. The maximum absolute atomic E-state index is 10.9. The molecule has 0 aliphatic carbocycles. The van der Waals surface area contributed by atoms with Crippen LogP contribution in [-0.2, 0) is 0 Å². The summed E-state index contributed by atoms with van der Waals surface area (Å²) < 4.78 is 5.14. The van der Waals surface area contributed by atoms with Gasteiger partial charge in [0.2, 0.25) is 0 Å². The molecule has 2 aromatic rings. The predicted octanol–water partition coefficient (Wildman–Crippen LogP) is 3.71. The van der Waals surface area contributed by atoms with Crippen molar-refractivity contribution in [2.75, 3.05) is 7.11 Å². The largest absolute Gasteiger partial charge is 0.495 e. The first-order valence-corrected chi connectivity index (χ1v) is 5.67. The third kappa shape index (κ3) is 2.46. The van der Waals surface area contributed by atoms with Crippen molar-refractivity contribution in [2.24, 2.45) is 0 Å². The molecule has 0 saturated heterocycles. The standard InChI is InChI=1S/C14H11ClO3/c1-18-13-8-10(5-6-12(13)15)9-3-2-4-11(7-9)14(16)17/h2-8H,1H3,(H,16,17). The predicted molar refractivity (Wildman–Crippen MR) is 70.4 cm³/mol. The van der Waals surface area contributed by atoms with Crippen molar-refractivity contribution in [1.82, 2.24) is 0 Å². The van der Waals surface area contributed by atoms with Gasteiger partial charge in [-0.25, -0.2) is 4.79 Å². The van der Waals surface area contributed by atoms with Crippen LogP contribution in [0.3, 0.4) is 0 Å². The number of rotatable bonds is 3. The van der Waals surface area contributed by atoms with E-state index in [1.807, 2.05) is 12.1 Å². The van der Waals surface area contributed by atoms with E-state index in [9.17, 15) is 4.79 Å². The maximum Gasteiger partial charge on any atom is 0.335 e. The third-order valence-electron chi connectivity index (χ3n) is 2.59. The van der Waals surface area contributed by atoms with Gasteiger partial charge >= 0.3 is 5.97 Å². The summed E-state index contributed by atoms with van der Waals surface area (Å²) in [6.07, 6.45) is 0. The Morgan fingerprint density at radius 2 is 1.89 bits per heavy atom. The lowest BCUT2D eigenvalue weighted by atomic mass is 10.0. The van der Waals surface area contributed by atoms with E-state index in [0.717, 1.165) is 11.1 Å². The summed E-state index contributed by atoms with van der Waals surface area (Å²) >= 11 is 5.95. The highest BCUT2D eigenvalue weighted by Crippen LogP contribution is 2.30. The number of carboxylic acid groups (broad SMARTS) is 1. The molecule has 0 aliphatic rings. The van der Waals surface area contributed by atoms with Gasteiger partial charge in [0.25, 0.3) is 0 Å². The average Bonchev–Trinajstić information content (AvgIpc) is 2.39. The van der Waals surface area contributed by atoms with Crippen molar-refractivity contribution in [3.8, 4) is 16.9 Å². The summed E-state index contributed by atoms with van der Waals surface area (Å²) in [5.41, 5.74) is 1.92. The molecular formula is C14H11ClO3. The molecule has 4 heteroatoms. The molecule has 0 heterocycles. The minimum absolute atomic E-state index is 0.251. The highest BCUT2D eigenvalue weighted by molar-refractivity contribution is 6.32. The molecule has 0 radical (unpaired) electrons. The summed E-state index contributed by atoms with van der Waals surface area (Å²) in [5, 5.41) is 9.48. The van der Waals surface area contributed by atoms with Crippen LogP contribution >= 0.6 is 11.6 Å². The number of halogens is 1. The number of methoxy groups -OCH3 is 1. The monoisotopic (exact) mass is 262 g/mol. The maximum atomic E-state index is 10.9. The minimum Gasteiger partial charge on any atom is -0.495 e. The van der Waals surface area contributed by atoms with Gasteiger partial charge < -0.3 is 9.84 Å². The molecule has 0 aliphatic heterocycles. The number of carbonyl (C=O) groups is 1. The van der Waals surface area contributed by atoms with E-state index in [0.29, 0.717) is 10.8 Å². The smallest absolute Gasteiger partial charge is 0.335 e. The Morgan fingerprint density at radius 1 is 1.17 bits per heavy atom. The van der Waals surface area contributed by atoms with Crippen molar-refractivity contribution < 1.29 is 14.6 Å². The fraction of sp³-hybridized carbons (Fsp3) is 0.0714. The molecule has 92 valence electrons. The number of benzene rings is 2. The van der Waals surface area contributed by atoms with Gasteiger partial charge in [-0.2, -0.15) is 0 Å². The molecule has 1 N–H and O–H groups in total. The first-order chi connectivity index (χ1) is 8.61. The van der Waals surface area contributed by atoms with E-state index >= 15 is 0 Å². The van der Waals surface area contributed by atoms with Gasteiger partial charge in [-0.15, -0.1) is 0 Å². The Balaban J connectivity index is 2.48. The van der Waals surface area contributed by atoms with Crippen LogP contribution in [0.5, 0.6) is 5.75 Å². The molecule has 0 amide bonds. The molecule has 0 spiro atoms. The Morgan fingerprint density at radius 3 is 2.56 bits per heavy atom. The number of carboxylic acids is 1. The Labute approximate surface area is 110 Å². The van der Waals surface area contributed by atoms with Crippen LogP contribution in [0.2, 0.25) is 5.02 Å². The van der Waals surface area contributed by atoms with Crippen molar-refractivity contribution >= 4 is 17.6 Å². The lowest BCUT2D eigenvalue weighted by Gasteiger charge is -2.07. The molecule has 2 rings (SSSR count). The van der Waals surface area contributed by atoms with E-state index in [4.69, 9.17) is 21.4 Å². The second kappa shape index (κ2) is 5.10. The van der Waals surface area contributed by atoms with Gasteiger partial charge in [0, 0.05) is 0 Å². The van der Waals surface area contributed by atoms with E-state index in [1.165, 1.54) is 0 Å². The van der Waals surface area contributed by atoms with E-state index in [1.54, 1.807) is 37.4 Å². The summed E-state index contributed by atoms with van der Waals surface area (Å²) in [6, 6.07) is 12.1. The van der Waals surface area contributed by atoms with Crippen LogP contribution in [-0.4, -0.2) is 18.2 Å². The lowest BCUT2D eigenvalue weighted by molar-refractivity contribution is 0.0697. The Bertz CT molecular complexity index is 593. The summed E-state index contributed by atoms with van der Waals surface area (Å²) in [7, 11) is 1.54. The fourth-order valence-corrected chi connectivity index (χ4v) is 1.87. The average molecular weight is 263 g/mol. The second-order valence-corrected chi connectivity index (χ2v) is 4.14. The number of hydrogen-bond acceptors (Lipinski definition) is 2. The molecule has 0 saturated carbocycles. The highest BCUT2D eigenvalue weighted by atomic mass is 35.5. The molecule has 0 atom stereocenters. The molecule has 18 heavy (non-hydrogen) atoms. The molecule has 0 aromatic heterocycles. The van der Waals surface area contributed by atoms with Crippen molar-refractivity contribution in [1.29, 1.82) is 0 Å². The van der Waals surface area contributed by atoms with Crippen molar-refractivity contribution in [3.63, 3.8) is 0 Å². The first kappa shape index (κ1) is 12.5. The number of hydrogen-bond donors (Lipinski definition) is 1. The van der Waals surface area contributed by atoms with E-state index in [2.05, 4.69) is 0 Å². The van der Waals surface area contributed by atoms with Crippen molar-refractivity contribution in [2.45, 2.75) is 0 Å². The minimum atomic E-state index is -0.947. The second-order valence-electron chi connectivity index (χ2n) is 3.74. The SMILES string of the molecule is COc1cc(-c2cccc(C(=O)O)c2)ccc1Cl. The first-order valence-electron chi connectivity index (χ1n) is 5.29. The van der Waals surface area contributed by atoms with Crippen LogP contribution in [0.25, 0.3) is 11.1 Å². The van der Waals surface area contributed by atoms with E-state index in [-0.39, 0.29) is 5.56 Å². The van der Waals surface area contributed by atoms with Crippen LogP contribution in [0, 0.1) is 0 Å². The normalized spacial score (nSPS) is 10.1. The van der Waals surface area contributed by atoms with Gasteiger partial charge in [0.15, 0.2) is 0 Å². The van der Waals surface area contributed by atoms with Gasteiger partial charge in [-0.1, -0.05) is 29.8 Å². The van der Waals surface area contributed by atoms with E-state index < -0.39 is 5.97 Å². The zero-order valence-electron chi connectivity index (χ0n) is 9.68. The molecular weight excluding hydrogens is 252 g/mol. The number of ether oxygens (including phenoxy) is 1. The van der Waals surface area contributed by atoms with Crippen LogP contribution in [0.4, 0.5) is 0 Å². The molecule has 0 fully saturated rings. The molecule has 0 unspecified atom stereocenters. The van der Waals surface area contributed by atoms with Crippen LogP contribution in [0.15, 0.2) is 42.5 Å². The quantitative estimate of drug-likeness (QED) is 0.917. The zero-order chi connectivity index (χ0) is 13.1.